The Hall–Kier alpha value is -2.91. The number of anilines is 1. The first-order valence-electron chi connectivity index (χ1n) is 10.5. The predicted molar refractivity (Wildman–Crippen MR) is 120 cm³/mol. The minimum absolute atomic E-state index is 0.0401. The van der Waals surface area contributed by atoms with Crippen molar-refractivity contribution in [3.05, 3.63) is 53.6 Å². The zero-order valence-electron chi connectivity index (χ0n) is 18.2. The molecule has 1 aliphatic carbocycles. The number of hydrogen-bond acceptors (Lipinski definition) is 7. The molecule has 4 rings (SSSR count). The highest BCUT2D eigenvalue weighted by Crippen LogP contribution is 2.50. The molecule has 1 aromatic heterocycles. The second-order valence-corrected chi connectivity index (χ2v) is 11.0. The molecule has 170 valence electrons. The summed E-state index contributed by atoms with van der Waals surface area (Å²) >= 11 is 0. The molecule has 4 N–H and O–H groups in total. The fourth-order valence-electron chi connectivity index (χ4n) is 4.27. The van der Waals surface area contributed by atoms with E-state index >= 15 is 0 Å². The van der Waals surface area contributed by atoms with Crippen LogP contribution in [0.3, 0.4) is 0 Å². The molecule has 9 heteroatoms. The van der Waals surface area contributed by atoms with Crippen LogP contribution in [-0.4, -0.2) is 41.8 Å². The number of carbonyl (C=O) groups is 1. The molecule has 0 amide bonds. The molecule has 0 spiro atoms. The van der Waals surface area contributed by atoms with Crippen molar-refractivity contribution in [2.24, 2.45) is 11.8 Å². The minimum Gasteiger partial charge on any atom is -0.469 e. The zero-order chi connectivity index (χ0) is 23.3. The average molecular weight is 458 g/mol. The van der Waals surface area contributed by atoms with Crippen molar-refractivity contribution in [2.45, 2.75) is 42.4 Å². The number of nitrogens with two attached hydrogens (primary N) is 1. The van der Waals surface area contributed by atoms with Gasteiger partial charge >= 0.3 is 5.97 Å². The third-order valence-corrected chi connectivity index (χ3v) is 8.32. The van der Waals surface area contributed by atoms with E-state index in [0.29, 0.717) is 11.1 Å². The molecule has 8 nitrogen and oxygen atoms in total. The van der Waals surface area contributed by atoms with Crippen LogP contribution < -0.4 is 5.73 Å². The maximum atomic E-state index is 13.2. The molecule has 1 aliphatic rings. The number of aromatic nitrogens is 2. The Labute approximate surface area is 186 Å². The van der Waals surface area contributed by atoms with Crippen molar-refractivity contribution in [1.82, 2.24) is 9.97 Å². The van der Waals surface area contributed by atoms with Crippen LogP contribution in [-0.2, 0) is 25.0 Å². The summed E-state index contributed by atoms with van der Waals surface area (Å²) in [7, 11) is -2.49. The number of nitrogens with zero attached hydrogens (tertiary/aromatic N) is 1. The summed E-state index contributed by atoms with van der Waals surface area (Å²) in [4.78, 5) is 19.9. The molecular formula is C23H27N3O5S. The van der Waals surface area contributed by atoms with Crippen molar-refractivity contribution in [3.8, 4) is 0 Å². The van der Waals surface area contributed by atoms with E-state index < -0.39 is 32.6 Å². The Morgan fingerprint density at radius 1 is 1.22 bits per heavy atom. The largest absolute Gasteiger partial charge is 0.469 e. The van der Waals surface area contributed by atoms with Gasteiger partial charge in [0.25, 0.3) is 0 Å². The van der Waals surface area contributed by atoms with Crippen LogP contribution >= 0.6 is 0 Å². The summed E-state index contributed by atoms with van der Waals surface area (Å²) in [5.74, 6) is -1.47. The third kappa shape index (κ3) is 3.55. The van der Waals surface area contributed by atoms with E-state index in [2.05, 4.69) is 9.97 Å². The van der Waals surface area contributed by atoms with Gasteiger partial charge in [-0.05, 0) is 55.9 Å². The van der Waals surface area contributed by atoms with Gasteiger partial charge in [0, 0.05) is 0 Å². The van der Waals surface area contributed by atoms with Crippen molar-refractivity contribution in [1.29, 1.82) is 0 Å². The Morgan fingerprint density at radius 3 is 2.44 bits per heavy atom. The van der Waals surface area contributed by atoms with Gasteiger partial charge < -0.3 is 20.6 Å². The minimum atomic E-state index is -3.78. The van der Waals surface area contributed by atoms with Gasteiger partial charge in [0.15, 0.2) is 15.8 Å². The van der Waals surface area contributed by atoms with E-state index in [1.165, 1.54) is 13.2 Å². The van der Waals surface area contributed by atoms with Gasteiger partial charge in [0.05, 0.1) is 28.7 Å². The van der Waals surface area contributed by atoms with Gasteiger partial charge in [-0.15, -0.1) is 0 Å². The van der Waals surface area contributed by atoms with Crippen LogP contribution in [0.4, 0.5) is 5.95 Å². The molecule has 1 saturated carbocycles. The number of nitrogen functional groups attached to an aromatic ring is 1. The van der Waals surface area contributed by atoms with Gasteiger partial charge in [-0.3, -0.25) is 4.79 Å². The molecule has 0 saturated heterocycles. The highest BCUT2D eigenvalue weighted by Gasteiger charge is 2.53. The second kappa shape index (κ2) is 7.90. The molecular weight excluding hydrogens is 430 g/mol. The van der Waals surface area contributed by atoms with Crippen molar-refractivity contribution in [2.75, 3.05) is 12.8 Å². The monoisotopic (exact) mass is 457 g/mol. The fraction of sp³-hybridized carbons (Fsp3) is 0.391. The third-order valence-electron chi connectivity index (χ3n) is 6.15. The Bertz CT molecular complexity index is 1270. The van der Waals surface area contributed by atoms with Gasteiger partial charge in [0.2, 0.25) is 0 Å². The number of imidazole rings is 1. The van der Waals surface area contributed by atoms with Crippen LogP contribution in [0.2, 0.25) is 0 Å². The average Bonchev–Trinajstić information content (AvgIpc) is 3.52. The molecule has 3 aromatic rings. The quantitative estimate of drug-likeness (QED) is 0.464. The lowest BCUT2D eigenvalue weighted by atomic mass is 9.73. The highest BCUT2D eigenvalue weighted by atomic mass is 32.2. The molecule has 1 fully saturated rings. The number of ether oxygens (including phenoxy) is 1. The lowest BCUT2D eigenvalue weighted by Crippen LogP contribution is -2.43. The van der Waals surface area contributed by atoms with Gasteiger partial charge in [0.1, 0.15) is 11.1 Å². The second-order valence-electron chi connectivity index (χ2n) is 8.56. The van der Waals surface area contributed by atoms with Crippen LogP contribution in [0.15, 0.2) is 47.4 Å². The van der Waals surface area contributed by atoms with E-state index in [-0.39, 0.29) is 27.8 Å². The van der Waals surface area contributed by atoms with Crippen molar-refractivity contribution >= 4 is 32.8 Å². The maximum absolute atomic E-state index is 13.2. The highest BCUT2D eigenvalue weighted by molar-refractivity contribution is 7.92. The number of rotatable bonds is 7. The van der Waals surface area contributed by atoms with Crippen molar-refractivity contribution < 1.29 is 23.1 Å². The number of H-pyrrole nitrogens is 1. The van der Waals surface area contributed by atoms with Gasteiger partial charge in [-0.2, -0.15) is 0 Å². The lowest BCUT2D eigenvalue weighted by molar-refractivity contribution is -0.155. The number of benzene rings is 2. The number of nitrogens with one attached hydrogen (secondary N) is 1. The van der Waals surface area contributed by atoms with Crippen LogP contribution in [0.25, 0.3) is 11.0 Å². The van der Waals surface area contributed by atoms with Crippen LogP contribution in [0.5, 0.6) is 0 Å². The first kappa shape index (κ1) is 22.3. The van der Waals surface area contributed by atoms with E-state index in [1.54, 1.807) is 44.2 Å². The summed E-state index contributed by atoms with van der Waals surface area (Å²) in [6, 6.07) is 11.8. The number of fused-ring (bicyclic) bond motifs is 1. The first-order chi connectivity index (χ1) is 15.1. The first-order valence-corrected chi connectivity index (χ1v) is 12.0. The number of hydrogen-bond donors (Lipinski definition) is 3. The lowest BCUT2D eigenvalue weighted by Gasteiger charge is -2.36. The summed E-state index contributed by atoms with van der Waals surface area (Å²) in [6.45, 7) is 3.16. The molecule has 2 unspecified atom stereocenters. The standard InChI is InChI=1S/C23H27N3O5S/c1-13(2)32(29,30)18-12-16(11-17-20(18)26-22(24)25-17)23(28,15-7-5-4-6-8-15)19(14-9-10-14)21(27)31-3/h4-8,11-14,19,28H,9-10H2,1-3H3,(H3,24,25,26). The normalized spacial score (nSPS) is 17.3. The van der Waals surface area contributed by atoms with Gasteiger partial charge in [-0.1, -0.05) is 30.3 Å². The smallest absolute Gasteiger partial charge is 0.312 e. The number of aliphatic hydroxyl groups is 1. The number of sulfone groups is 1. The number of esters is 1. The fourth-order valence-corrected chi connectivity index (χ4v) is 5.50. The molecule has 0 bridgehead atoms. The molecule has 1 heterocycles. The summed E-state index contributed by atoms with van der Waals surface area (Å²) in [5.41, 5.74) is 5.34. The SMILES string of the molecule is COC(=O)C(C1CC1)C(O)(c1ccccc1)c1cc(S(=O)(=O)C(C)C)c2nc(N)[nH]c2c1. The number of carbonyl (C=O) groups excluding carboxylic acids is 1. The van der Waals surface area contributed by atoms with Crippen LogP contribution in [0, 0.1) is 11.8 Å². The molecule has 0 radical (unpaired) electrons. The Balaban J connectivity index is 2.06. The van der Waals surface area contributed by atoms with Crippen LogP contribution in [0.1, 0.15) is 37.8 Å². The summed E-state index contributed by atoms with van der Waals surface area (Å²) in [6.07, 6.45) is 1.54. The zero-order valence-corrected chi connectivity index (χ0v) is 19.0. The van der Waals surface area contributed by atoms with Gasteiger partial charge in [-0.25, -0.2) is 13.4 Å². The molecule has 32 heavy (non-hydrogen) atoms. The molecule has 0 aliphatic heterocycles. The predicted octanol–water partition coefficient (Wildman–Crippen LogP) is 2.76. The maximum Gasteiger partial charge on any atom is 0.312 e. The van der Waals surface area contributed by atoms with Crippen molar-refractivity contribution in [3.63, 3.8) is 0 Å². The number of methoxy groups -OCH3 is 1. The van der Waals surface area contributed by atoms with E-state index in [4.69, 9.17) is 10.5 Å². The van der Waals surface area contributed by atoms with E-state index in [9.17, 15) is 18.3 Å². The topological polar surface area (TPSA) is 135 Å². The Kier molecular flexibility index (Phi) is 5.50. The van der Waals surface area contributed by atoms with E-state index in [1.807, 2.05) is 6.07 Å². The summed E-state index contributed by atoms with van der Waals surface area (Å²) < 4.78 is 31.5. The Morgan fingerprint density at radius 2 is 1.88 bits per heavy atom. The summed E-state index contributed by atoms with van der Waals surface area (Å²) in [5, 5.41) is 11.5. The van der Waals surface area contributed by atoms with E-state index in [0.717, 1.165) is 12.8 Å². The molecule has 2 aromatic carbocycles. The molecule has 2 atom stereocenters. The number of aromatic amines is 1.